The van der Waals surface area contributed by atoms with Crippen molar-refractivity contribution in [3.05, 3.63) is 18.2 Å². The molecule has 0 aliphatic rings. The summed E-state index contributed by atoms with van der Waals surface area (Å²) >= 11 is 0. The number of rotatable bonds is 5. The number of amides is 1. The molecule has 0 bridgehead atoms. The van der Waals surface area contributed by atoms with Crippen LogP contribution in [0.25, 0.3) is 0 Å². The first-order valence-electron chi connectivity index (χ1n) is 5.50. The predicted molar refractivity (Wildman–Crippen MR) is 62.9 cm³/mol. The van der Waals surface area contributed by atoms with E-state index in [9.17, 15) is 4.79 Å². The fraction of sp³-hybridized carbons (Fsp3) is 0.636. The summed E-state index contributed by atoms with van der Waals surface area (Å²) in [5.74, 6) is 0.938. The van der Waals surface area contributed by atoms with Gasteiger partial charge in [-0.2, -0.15) is 0 Å². The van der Waals surface area contributed by atoms with Crippen LogP contribution >= 0.6 is 0 Å². The Morgan fingerprint density at radius 3 is 2.69 bits per heavy atom. The van der Waals surface area contributed by atoms with E-state index in [2.05, 4.69) is 15.6 Å². The molecular formula is C11H20N4O. The zero-order valence-corrected chi connectivity index (χ0v) is 10.3. The van der Waals surface area contributed by atoms with Crippen LogP contribution in [0.5, 0.6) is 0 Å². The van der Waals surface area contributed by atoms with Gasteiger partial charge in [0.15, 0.2) is 0 Å². The lowest BCUT2D eigenvalue weighted by molar-refractivity contribution is -0.120. The molecule has 0 aliphatic carbocycles. The standard InChI is InChI=1S/C11H20N4O/c1-8(2)14-10(16)7-13-9(3)11-12-5-6-15(11)4/h5-6,8-9,13H,7H2,1-4H3,(H,14,16). The maximum Gasteiger partial charge on any atom is 0.234 e. The second-order valence-corrected chi connectivity index (χ2v) is 4.22. The van der Waals surface area contributed by atoms with Gasteiger partial charge in [-0.25, -0.2) is 4.98 Å². The van der Waals surface area contributed by atoms with Gasteiger partial charge in [-0.05, 0) is 20.8 Å². The Morgan fingerprint density at radius 2 is 2.19 bits per heavy atom. The molecular weight excluding hydrogens is 204 g/mol. The Hall–Kier alpha value is -1.36. The SMILES string of the molecule is CC(C)NC(=O)CNC(C)c1nccn1C. The largest absolute Gasteiger partial charge is 0.353 e. The summed E-state index contributed by atoms with van der Waals surface area (Å²) in [4.78, 5) is 15.6. The highest BCUT2D eigenvalue weighted by Gasteiger charge is 2.11. The van der Waals surface area contributed by atoms with Crippen molar-refractivity contribution >= 4 is 5.91 Å². The smallest absolute Gasteiger partial charge is 0.234 e. The van der Waals surface area contributed by atoms with Gasteiger partial charge in [-0.15, -0.1) is 0 Å². The van der Waals surface area contributed by atoms with Crippen LogP contribution in [0.4, 0.5) is 0 Å². The normalized spacial score (nSPS) is 12.8. The molecule has 90 valence electrons. The maximum atomic E-state index is 11.4. The zero-order valence-electron chi connectivity index (χ0n) is 10.3. The van der Waals surface area contributed by atoms with E-state index in [1.807, 2.05) is 38.6 Å². The maximum absolute atomic E-state index is 11.4. The molecule has 0 aliphatic heterocycles. The molecule has 16 heavy (non-hydrogen) atoms. The summed E-state index contributed by atoms with van der Waals surface area (Å²) in [5.41, 5.74) is 0. The van der Waals surface area contributed by atoms with Crippen molar-refractivity contribution in [2.45, 2.75) is 32.9 Å². The Morgan fingerprint density at radius 1 is 1.50 bits per heavy atom. The van der Waals surface area contributed by atoms with Gasteiger partial charge >= 0.3 is 0 Å². The predicted octanol–water partition coefficient (Wildman–Crippen LogP) is 0.595. The van der Waals surface area contributed by atoms with E-state index < -0.39 is 0 Å². The molecule has 0 aromatic carbocycles. The first-order chi connectivity index (χ1) is 7.50. The summed E-state index contributed by atoms with van der Waals surface area (Å²) in [6, 6.07) is 0.246. The van der Waals surface area contributed by atoms with Crippen LogP contribution in [-0.2, 0) is 11.8 Å². The molecule has 0 radical (unpaired) electrons. The topological polar surface area (TPSA) is 59.0 Å². The van der Waals surface area contributed by atoms with Crippen molar-refractivity contribution in [1.29, 1.82) is 0 Å². The van der Waals surface area contributed by atoms with Crippen LogP contribution in [0.2, 0.25) is 0 Å². The van der Waals surface area contributed by atoms with Gasteiger partial charge in [0, 0.05) is 25.5 Å². The fourth-order valence-corrected chi connectivity index (χ4v) is 1.50. The third-order valence-corrected chi connectivity index (χ3v) is 2.26. The van der Waals surface area contributed by atoms with Crippen LogP contribution in [0, 0.1) is 0 Å². The van der Waals surface area contributed by atoms with Crippen LogP contribution in [0.3, 0.4) is 0 Å². The molecule has 2 N–H and O–H groups in total. The van der Waals surface area contributed by atoms with Gasteiger partial charge < -0.3 is 9.88 Å². The molecule has 1 amide bonds. The third kappa shape index (κ3) is 3.66. The number of nitrogens with zero attached hydrogens (tertiary/aromatic N) is 2. The number of carbonyl (C=O) groups excluding carboxylic acids is 1. The highest BCUT2D eigenvalue weighted by atomic mass is 16.1. The van der Waals surface area contributed by atoms with E-state index in [1.165, 1.54) is 0 Å². The number of hydrogen-bond acceptors (Lipinski definition) is 3. The molecule has 0 fully saturated rings. The molecule has 1 aromatic heterocycles. The lowest BCUT2D eigenvalue weighted by Gasteiger charge is -2.14. The van der Waals surface area contributed by atoms with Gasteiger partial charge in [0.05, 0.1) is 12.6 Å². The Kier molecular flexibility index (Phi) is 4.49. The molecule has 1 heterocycles. The van der Waals surface area contributed by atoms with Gasteiger partial charge in [-0.1, -0.05) is 0 Å². The molecule has 1 unspecified atom stereocenters. The van der Waals surface area contributed by atoms with Gasteiger partial charge in [0.1, 0.15) is 5.82 Å². The highest BCUT2D eigenvalue weighted by Crippen LogP contribution is 2.07. The third-order valence-electron chi connectivity index (χ3n) is 2.26. The number of hydrogen-bond donors (Lipinski definition) is 2. The van der Waals surface area contributed by atoms with E-state index in [-0.39, 0.29) is 18.0 Å². The van der Waals surface area contributed by atoms with Crippen LogP contribution < -0.4 is 10.6 Å². The lowest BCUT2D eigenvalue weighted by Crippen LogP contribution is -2.38. The van der Waals surface area contributed by atoms with Gasteiger partial charge in [0.25, 0.3) is 0 Å². The molecule has 0 saturated heterocycles. The van der Waals surface area contributed by atoms with Crippen molar-refractivity contribution in [2.75, 3.05) is 6.54 Å². The number of aryl methyl sites for hydroxylation is 1. The first kappa shape index (κ1) is 12.7. The Balaban J connectivity index is 2.39. The first-order valence-corrected chi connectivity index (χ1v) is 5.50. The van der Waals surface area contributed by atoms with Crippen molar-refractivity contribution in [3.8, 4) is 0 Å². The average Bonchev–Trinajstić information content (AvgIpc) is 2.60. The lowest BCUT2D eigenvalue weighted by atomic mass is 10.3. The van der Waals surface area contributed by atoms with Gasteiger partial charge in [-0.3, -0.25) is 10.1 Å². The minimum atomic E-state index is 0.0102. The monoisotopic (exact) mass is 224 g/mol. The minimum absolute atomic E-state index is 0.0102. The summed E-state index contributed by atoms with van der Waals surface area (Å²) in [5, 5.41) is 5.96. The summed E-state index contributed by atoms with van der Waals surface area (Å²) in [6.07, 6.45) is 3.64. The summed E-state index contributed by atoms with van der Waals surface area (Å²) < 4.78 is 1.94. The van der Waals surface area contributed by atoms with E-state index in [0.717, 1.165) is 5.82 Å². The van der Waals surface area contributed by atoms with Crippen LogP contribution in [0.15, 0.2) is 12.4 Å². The van der Waals surface area contributed by atoms with Crippen molar-refractivity contribution in [2.24, 2.45) is 7.05 Å². The summed E-state index contributed by atoms with van der Waals surface area (Å²) in [6.45, 7) is 6.19. The second kappa shape index (κ2) is 5.65. The zero-order chi connectivity index (χ0) is 12.1. The number of carbonyl (C=O) groups is 1. The summed E-state index contributed by atoms with van der Waals surface area (Å²) in [7, 11) is 1.94. The molecule has 0 saturated carbocycles. The van der Waals surface area contributed by atoms with Crippen LogP contribution in [-0.4, -0.2) is 28.0 Å². The molecule has 5 heteroatoms. The fourth-order valence-electron chi connectivity index (χ4n) is 1.50. The Bertz CT molecular complexity index is 346. The average molecular weight is 224 g/mol. The van der Waals surface area contributed by atoms with E-state index >= 15 is 0 Å². The van der Waals surface area contributed by atoms with Gasteiger partial charge in [0.2, 0.25) is 5.91 Å². The molecule has 1 atom stereocenters. The number of aromatic nitrogens is 2. The number of imidazole rings is 1. The van der Waals surface area contributed by atoms with Crippen LogP contribution in [0.1, 0.15) is 32.6 Å². The minimum Gasteiger partial charge on any atom is -0.353 e. The molecule has 1 aromatic rings. The van der Waals surface area contributed by atoms with E-state index in [0.29, 0.717) is 6.54 Å². The van der Waals surface area contributed by atoms with E-state index in [1.54, 1.807) is 6.20 Å². The van der Waals surface area contributed by atoms with Crippen molar-refractivity contribution < 1.29 is 4.79 Å². The van der Waals surface area contributed by atoms with Crippen molar-refractivity contribution in [3.63, 3.8) is 0 Å². The second-order valence-electron chi connectivity index (χ2n) is 4.22. The quantitative estimate of drug-likeness (QED) is 0.770. The van der Waals surface area contributed by atoms with E-state index in [4.69, 9.17) is 0 Å². The Labute approximate surface area is 96.3 Å². The van der Waals surface area contributed by atoms with Crippen molar-refractivity contribution in [1.82, 2.24) is 20.2 Å². The molecule has 0 spiro atoms. The highest BCUT2D eigenvalue weighted by molar-refractivity contribution is 5.78. The molecule has 5 nitrogen and oxygen atoms in total. The number of nitrogens with one attached hydrogen (secondary N) is 2. The molecule has 1 rings (SSSR count).